The predicted octanol–water partition coefficient (Wildman–Crippen LogP) is 2.29. The molecule has 1 N–H and O–H groups in total. The van der Waals surface area contributed by atoms with Crippen molar-refractivity contribution in [3.05, 3.63) is 41.1 Å². The molecule has 1 aliphatic carbocycles. The molecule has 0 radical (unpaired) electrons. The van der Waals surface area contributed by atoms with E-state index in [0.29, 0.717) is 28.4 Å². The topological polar surface area (TPSA) is 91.4 Å². The van der Waals surface area contributed by atoms with Crippen LogP contribution in [0.25, 0.3) is 0 Å². The maximum atomic E-state index is 12.6. The molecule has 128 valence electrons. The van der Waals surface area contributed by atoms with E-state index >= 15 is 0 Å². The van der Waals surface area contributed by atoms with Crippen molar-refractivity contribution in [1.29, 1.82) is 0 Å². The number of aromatic hydroxyl groups is 1. The van der Waals surface area contributed by atoms with Crippen LogP contribution in [0.4, 0.5) is 0 Å². The van der Waals surface area contributed by atoms with E-state index in [4.69, 9.17) is 0 Å². The number of carbonyl (C=O) groups excluding carboxylic acids is 2. The van der Waals surface area contributed by atoms with Crippen LogP contribution in [0.2, 0.25) is 0 Å². The van der Waals surface area contributed by atoms with Gasteiger partial charge in [-0.1, -0.05) is 0 Å². The maximum Gasteiger partial charge on any atom is 0.184 e. The van der Waals surface area contributed by atoms with Crippen LogP contribution < -0.4 is 0 Å². The average Bonchev–Trinajstić information content (AvgIpc) is 2.98. The molecular weight excluding hydrogens is 342 g/mol. The van der Waals surface area contributed by atoms with Gasteiger partial charge in [-0.2, -0.15) is 0 Å². The van der Waals surface area contributed by atoms with Gasteiger partial charge in [-0.3, -0.25) is 14.6 Å². The van der Waals surface area contributed by atoms with Crippen LogP contribution in [-0.4, -0.2) is 40.0 Å². The molecule has 0 amide bonds. The Labute approximate surface area is 150 Å². The highest BCUT2D eigenvalue weighted by atomic mass is 35.5. The lowest BCUT2D eigenvalue weighted by Gasteiger charge is -2.32. The van der Waals surface area contributed by atoms with Crippen LogP contribution in [0.15, 0.2) is 50.5 Å². The fourth-order valence-corrected chi connectivity index (χ4v) is 3.14. The largest absolute Gasteiger partial charge is 0.508 e. The fourth-order valence-electron chi connectivity index (χ4n) is 3.14. The van der Waals surface area contributed by atoms with Gasteiger partial charge in [0.05, 0.1) is 5.92 Å². The van der Waals surface area contributed by atoms with E-state index in [9.17, 15) is 14.7 Å². The predicted molar refractivity (Wildman–Crippen MR) is 97.0 cm³/mol. The monoisotopic (exact) mass is 357 g/mol. The lowest BCUT2D eigenvalue weighted by atomic mass is 9.74. The molecule has 0 fully saturated rings. The van der Waals surface area contributed by atoms with Gasteiger partial charge in [-0.15, -0.1) is 12.4 Å². The second-order valence-electron chi connectivity index (χ2n) is 6.61. The van der Waals surface area contributed by atoms with E-state index < -0.39 is 11.5 Å². The summed E-state index contributed by atoms with van der Waals surface area (Å²) in [7, 11) is 0. The molecular formula is C18H16ClN3O3. The Morgan fingerprint density at radius 3 is 2.48 bits per heavy atom. The Balaban J connectivity index is 0.00000182. The quantitative estimate of drug-likeness (QED) is 0.835. The Morgan fingerprint density at radius 2 is 1.80 bits per heavy atom. The van der Waals surface area contributed by atoms with E-state index in [0.717, 1.165) is 0 Å². The summed E-state index contributed by atoms with van der Waals surface area (Å²) in [5, 5.41) is 9.39. The van der Waals surface area contributed by atoms with Crippen LogP contribution in [0.3, 0.4) is 0 Å². The summed E-state index contributed by atoms with van der Waals surface area (Å²) in [6.45, 7) is 3.50. The highest BCUT2D eigenvalue weighted by Crippen LogP contribution is 2.36. The molecule has 2 aliphatic heterocycles. The molecule has 0 bridgehead atoms. The molecule has 0 spiro atoms. The van der Waals surface area contributed by atoms with Gasteiger partial charge in [-0.05, 0) is 38.1 Å². The molecule has 6 nitrogen and oxygen atoms in total. The number of hydrogen-bond donors (Lipinski definition) is 1. The van der Waals surface area contributed by atoms with Crippen molar-refractivity contribution >= 4 is 41.7 Å². The third-order valence-electron chi connectivity index (χ3n) is 4.53. The number of hydrogen-bond acceptors (Lipinski definition) is 6. The lowest BCUT2D eigenvalue weighted by Crippen LogP contribution is -2.44. The molecule has 7 heteroatoms. The van der Waals surface area contributed by atoms with Crippen molar-refractivity contribution < 1.29 is 14.7 Å². The first-order valence-electron chi connectivity index (χ1n) is 7.71. The van der Waals surface area contributed by atoms with Crippen molar-refractivity contribution in [2.24, 2.45) is 20.9 Å². The zero-order valence-corrected chi connectivity index (χ0v) is 14.5. The zero-order valence-electron chi connectivity index (χ0n) is 13.7. The minimum Gasteiger partial charge on any atom is -0.508 e. The number of amidine groups is 1. The van der Waals surface area contributed by atoms with Gasteiger partial charge in [0, 0.05) is 23.8 Å². The van der Waals surface area contributed by atoms with E-state index in [-0.39, 0.29) is 36.1 Å². The van der Waals surface area contributed by atoms with Crippen molar-refractivity contribution in [1.82, 2.24) is 0 Å². The number of carbonyl (C=O) groups is 2. The van der Waals surface area contributed by atoms with Gasteiger partial charge < -0.3 is 5.11 Å². The minimum absolute atomic E-state index is 0. The number of rotatable bonds is 1. The number of Topliss-reactive ketones (excluding diaryl/α,β-unsaturated/α-hetero) is 2. The number of fused-ring (bicyclic) bond motifs is 2. The van der Waals surface area contributed by atoms with E-state index in [1.54, 1.807) is 32.2 Å². The SMILES string of the molecule is CC1(C)N=CC2=C3N=C(c4ccc(O)cc4)N=C3C(=O)CC2C1=O.Cl. The first-order valence-corrected chi connectivity index (χ1v) is 7.71. The summed E-state index contributed by atoms with van der Waals surface area (Å²) in [6.07, 6.45) is 1.77. The van der Waals surface area contributed by atoms with Gasteiger partial charge in [0.2, 0.25) is 0 Å². The van der Waals surface area contributed by atoms with Crippen LogP contribution in [0.1, 0.15) is 25.8 Å². The fraction of sp³-hybridized carbons (Fsp3) is 0.278. The Kier molecular flexibility index (Phi) is 3.95. The molecule has 1 aromatic carbocycles. The van der Waals surface area contributed by atoms with Crippen LogP contribution in [-0.2, 0) is 9.59 Å². The van der Waals surface area contributed by atoms with Gasteiger partial charge >= 0.3 is 0 Å². The van der Waals surface area contributed by atoms with Crippen LogP contribution in [0, 0.1) is 5.92 Å². The van der Waals surface area contributed by atoms with Gasteiger partial charge in [-0.25, -0.2) is 9.98 Å². The highest BCUT2D eigenvalue weighted by Gasteiger charge is 2.45. The summed E-state index contributed by atoms with van der Waals surface area (Å²) in [5.74, 6) is -0.175. The molecule has 0 saturated carbocycles. The molecule has 4 rings (SSSR count). The normalized spacial score (nSPS) is 23.5. The molecule has 1 aromatic rings. The third kappa shape index (κ3) is 2.62. The standard InChI is InChI=1S/C18H15N3O3.ClH/c1-18(2)16(24)11-7-13(23)15-14(12(11)8-19-18)20-17(21-15)9-3-5-10(22)6-4-9;/h3-6,8,11,22H,7H2,1-2H3;1H. The summed E-state index contributed by atoms with van der Waals surface area (Å²) < 4.78 is 0. The van der Waals surface area contributed by atoms with E-state index in [1.807, 2.05) is 0 Å². The van der Waals surface area contributed by atoms with Crippen LogP contribution >= 0.6 is 12.4 Å². The number of benzene rings is 1. The number of aliphatic imine (C=N–C) groups is 3. The molecule has 25 heavy (non-hydrogen) atoms. The Bertz CT molecular complexity index is 908. The average molecular weight is 358 g/mol. The molecule has 1 unspecified atom stereocenters. The third-order valence-corrected chi connectivity index (χ3v) is 4.53. The molecule has 3 aliphatic rings. The molecule has 2 heterocycles. The van der Waals surface area contributed by atoms with Crippen LogP contribution in [0.5, 0.6) is 5.75 Å². The zero-order chi connectivity index (χ0) is 17.1. The number of halogens is 1. The maximum absolute atomic E-state index is 12.6. The van der Waals surface area contributed by atoms with E-state index in [2.05, 4.69) is 15.0 Å². The number of allylic oxidation sites excluding steroid dienone is 2. The smallest absolute Gasteiger partial charge is 0.184 e. The van der Waals surface area contributed by atoms with Crippen molar-refractivity contribution in [2.45, 2.75) is 25.8 Å². The summed E-state index contributed by atoms with van der Waals surface area (Å²) in [5.41, 5.74) is 1.30. The molecule has 0 aromatic heterocycles. The first kappa shape index (κ1) is 17.2. The first-order chi connectivity index (χ1) is 11.4. The second kappa shape index (κ2) is 5.74. The minimum atomic E-state index is -0.814. The van der Waals surface area contributed by atoms with Crippen molar-refractivity contribution in [3.63, 3.8) is 0 Å². The van der Waals surface area contributed by atoms with Crippen molar-refractivity contribution in [2.75, 3.05) is 0 Å². The van der Waals surface area contributed by atoms with E-state index in [1.165, 1.54) is 12.1 Å². The Hall–Kier alpha value is -2.60. The van der Waals surface area contributed by atoms with Gasteiger partial charge in [0.1, 0.15) is 22.7 Å². The number of ketones is 2. The summed E-state index contributed by atoms with van der Waals surface area (Å²) in [6, 6.07) is 6.45. The Morgan fingerprint density at radius 1 is 1.12 bits per heavy atom. The lowest BCUT2D eigenvalue weighted by molar-refractivity contribution is -0.128. The number of phenolic OH excluding ortho intramolecular Hbond substituents is 1. The van der Waals surface area contributed by atoms with Gasteiger partial charge in [0.25, 0.3) is 0 Å². The molecule has 0 saturated heterocycles. The highest BCUT2D eigenvalue weighted by molar-refractivity contribution is 6.51. The second-order valence-corrected chi connectivity index (χ2v) is 6.61. The van der Waals surface area contributed by atoms with Crippen molar-refractivity contribution in [3.8, 4) is 5.75 Å². The number of phenols is 1. The van der Waals surface area contributed by atoms with Gasteiger partial charge in [0.15, 0.2) is 17.4 Å². The molecule has 1 atom stereocenters. The summed E-state index contributed by atoms with van der Waals surface area (Å²) in [4.78, 5) is 38.2. The summed E-state index contributed by atoms with van der Waals surface area (Å²) >= 11 is 0. The number of nitrogens with zero attached hydrogens (tertiary/aromatic N) is 3.